The van der Waals surface area contributed by atoms with E-state index in [1.807, 2.05) is 0 Å². The lowest BCUT2D eigenvalue weighted by Crippen LogP contribution is -2.41. The molecule has 1 aromatic rings. The topological polar surface area (TPSA) is 15.3 Å². The summed E-state index contributed by atoms with van der Waals surface area (Å²) >= 11 is 3.63. The molecule has 0 spiro atoms. The maximum atomic E-state index is 13.0. The predicted molar refractivity (Wildman–Crippen MR) is 107 cm³/mol. The molecule has 2 aliphatic rings. The van der Waals surface area contributed by atoms with Crippen molar-refractivity contribution in [2.75, 3.05) is 26.2 Å². The molecule has 0 radical (unpaired) electrons. The van der Waals surface area contributed by atoms with Gasteiger partial charge >= 0.3 is 0 Å². The van der Waals surface area contributed by atoms with E-state index < -0.39 is 0 Å². The Kier molecular flexibility index (Phi) is 7.50. The Labute approximate surface area is 160 Å². The number of hydrogen-bond acceptors (Lipinski definition) is 2. The summed E-state index contributed by atoms with van der Waals surface area (Å²) in [5.41, 5.74) is 1.02. The van der Waals surface area contributed by atoms with E-state index in [4.69, 9.17) is 0 Å². The van der Waals surface area contributed by atoms with Crippen LogP contribution >= 0.6 is 15.9 Å². The molecule has 1 atom stereocenters. The van der Waals surface area contributed by atoms with Crippen molar-refractivity contribution in [2.24, 2.45) is 5.92 Å². The summed E-state index contributed by atoms with van der Waals surface area (Å²) in [6.45, 7) is 4.46. The van der Waals surface area contributed by atoms with Gasteiger partial charge in [-0.15, -0.1) is 0 Å². The Morgan fingerprint density at radius 3 is 2.64 bits per heavy atom. The number of rotatable bonds is 7. The average Bonchev–Trinajstić information content (AvgIpc) is 3.05. The van der Waals surface area contributed by atoms with Crippen molar-refractivity contribution in [3.05, 3.63) is 40.1 Å². The number of hydrogen-bond donors (Lipinski definition) is 1. The van der Waals surface area contributed by atoms with Crippen LogP contribution < -0.4 is 5.32 Å². The Balaban J connectivity index is 1.41. The van der Waals surface area contributed by atoms with Crippen LogP contribution in [0.25, 0.3) is 6.08 Å². The number of benzene rings is 1. The second kappa shape index (κ2) is 9.84. The van der Waals surface area contributed by atoms with Crippen LogP contribution in [0, 0.1) is 11.7 Å². The quantitative estimate of drug-likeness (QED) is 0.666. The van der Waals surface area contributed by atoms with Crippen molar-refractivity contribution in [3.8, 4) is 0 Å². The molecule has 25 heavy (non-hydrogen) atoms. The van der Waals surface area contributed by atoms with Gasteiger partial charge in [-0.2, -0.15) is 0 Å². The summed E-state index contributed by atoms with van der Waals surface area (Å²) in [4.78, 5) is 2.72. The zero-order valence-corrected chi connectivity index (χ0v) is 16.6. The Morgan fingerprint density at radius 1 is 1.12 bits per heavy atom. The highest BCUT2D eigenvalue weighted by Gasteiger charge is 2.26. The summed E-state index contributed by atoms with van der Waals surface area (Å²) in [6.07, 6.45) is 11.9. The number of halogens is 2. The fourth-order valence-corrected chi connectivity index (χ4v) is 4.68. The molecule has 1 aromatic carbocycles. The van der Waals surface area contributed by atoms with Crippen LogP contribution in [0.15, 0.2) is 28.7 Å². The Bertz CT molecular complexity index is 552. The van der Waals surface area contributed by atoms with Crippen LogP contribution in [0.3, 0.4) is 0 Å². The smallest absolute Gasteiger partial charge is 0.123 e. The van der Waals surface area contributed by atoms with E-state index in [0.29, 0.717) is 6.04 Å². The van der Waals surface area contributed by atoms with Gasteiger partial charge < -0.3 is 5.32 Å². The van der Waals surface area contributed by atoms with Crippen LogP contribution in [0.2, 0.25) is 0 Å². The lowest BCUT2D eigenvalue weighted by Gasteiger charge is -2.31. The Morgan fingerprint density at radius 2 is 1.88 bits per heavy atom. The van der Waals surface area contributed by atoms with E-state index in [2.05, 4.69) is 32.2 Å². The third-order valence-electron chi connectivity index (χ3n) is 5.58. The first kappa shape index (κ1) is 19.1. The second-order valence-corrected chi connectivity index (χ2v) is 8.59. The molecule has 1 aliphatic carbocycles. The lowest BCUT2D eigenvalue weighted by atomic mass is 9.89. The molecule has 0 amide bonds. The summed E-state index contributed by atoms with van der Waals surface area (Å²) in [6, 6.07) is 7.30. The summed E-state index contributed by atoms with van der Waals surface area (Å²) in [5, 5.41) is 3.60. The van der Waals surface area contributed by atoms with Crippen molar-refractivity contribution in [2.45, 2.75) is 51.0 Å². The molecule has 1 N–H and O–H groups in total. The van der Waals surface area contributed by atoms with Crippen LogP contribution in [-0.2, 0) is 0 Å². The van der Waals surface area contributed by atoms with E-state index in [1.54, 1.807) is 12.1 Å². The second-order valence-electron chi connectivity index (χ2n) is 7.57. The van der Waals surface area contributed by atoms with E-state index in [0.717, 1.165) is 29.1 Å². The highest BCUT2D eigenvalue weighted by molar-refractivity contribution is 9.11. The van der Waals surface area contributed by atoms with E-state index in [9.17, 15) is 4.39 Å². The molecule has 1 saturated carbocycles. The minimum absolute atomic E-state index is 0.189. The van der Waals surface area contributed by atoms with Gasteiger partial charge in [-0.1, -0.05) is 47.3 Å². The molecular formula is C21H30BrFN2. The third kappa shape index (κ3) is 6.19. The molecule has 1 aliphatic heterocycles. The molecule has 1 heterocycles. The largest absolute Gasteiger partial charge is 0.311 e. The minimum Gasteiger partial charge on any atom is -0.311 e. The molecule has 2 fully saturated rings. The number of likely N-dealkylation sites (tertiary alicyclic amines) is 1. The monoisotopic (exact) mass is 408 g/mol. The minimum atomic E-state index is -0.189. The lowest BCUT2D eigenvalue weighted by molar-refractivity contribution is 0.185. The molecule has 0 aromatic heterocycles. The van der Waals surface area contributed by atoms with Gasteiger partial charge in [-0.05, 0) is 61.9 Å². The molecule has 2 nitrogen and oxygen atoms in total. The first-order chi connectivity index (χ1) is 12.2. The standard InChI is InChI=1S/C21H30BrFN2/c22-19(13-17-8-10-20(23)11-9-17)14-24-15-21-7-4-12-25(21)16-18-5-2-1-3-6-18/h8-11,13,18,21,24H,1-7,12,14-16H2/b19-13-. The van der Waals surface area contributed by atoms with Gasteiger partial charge in [0, 0.05) is 30.2 Å². The zero-order chi connectivity index (χ0) is 17.5. The first-order valence-electron chi connectivity index (χ1n) is 9.77. The zero-order valence-electron chi connectivity index (χ0n) is 15.0. The molecule has 0 bridgehead atoms. The average molecular weight is 409 g/mol. The third-order valence-corrected chi connectivity index (χ3v) is 6.09. The van der Waals surface area contributed by atoms with Crippen LogP contribution in [0.1, 0.15) is 50.5 Å². The van der Waals surface area contributed by atoms with Gasteiger partial charge in [0.25, 0.3) is 0 Å². The Hall–Kier alpha value is -0.710. The molecule has 1 saturated heterocycles. The fraction of sp³-hybridized carbons (Fsp3) is 0.619. The summed E-state index contributed by atoms with van der Waals surface area (Å²) in [7, 11) is 0. The van der Waals surface area contributed by atoms with Gasteiger partial charge in [-0.25, -0.2) is 4.39 Å². The van der Waals surface area contributed by atoms with Crippen LogP contribution in [-0.4, -0.2) is 37.1 Å². The summed E-state index contributed by atoms with van der Waals surface area (Å²) in [5.74, 6) is 0.741. The van der Waals surface area contributed by atoms with E-state index >= 15 is 0 Å². The number of nitrogens with one attached hydrogen (secondary N) is 1. The predicted octanol–water partition coefficient (Wildman–Crippen LogP) is 5.20. The van der Waals surface area contributed by atoms with Gasteiger partial charge in [0.15, 0.2) is 0 Å². The fourth-order valence-electron chi connectivity index (χ4n) is 4.22. The summed E-state index contributed by atoms with van der Waals surface area (Å²) < 4.78 is 14.1. The first-order valence-corrected chi connectivity index (χ1v) is 10.6. The SMILES string of the molecule is Fc1ccc(/C=C(\Br)CNCC2CCCN2CC2CCCCC2)cc1. The molecular weight excluding hydrogens is 379 g/mol. The van der Waals surface area contributed by atoms with Gasteiger partial charge in [0.1, 0.15) is 5.82 Å². The van der Waals surface area contributed by atoms with Gasteiger partial charge in [-0.3, -0.25) is 4.90 Å². The van der Waals surface area contributed by atoms with Crippen LogP contribution in [0.5, 0.6) is 0 Å². The van der Waals surface area contributed by atoms with Crippen molar-refractivity contribution in [3.63, 3.8) is 0 Å². The van der Waals surface area contributed by atoms with E-state index in [-0.39, 0.29) is 5.82 Å². The maximum absolute atomic E-state index is 13.0. The van der Waals surface area contributed by atoms with Crippen molar-refractivity contribution >= 4 is 22.0 Å². The highest BCUT2D eigenvalue weighted by atomic mass is 79.9. The van der Waals surface area contributed by atoms with Crippen molar-refractivity contribution < 1.29 is 4.39 Å². The van der Waals surface area contributed by atoms with Crippen molar-refractivity contribution in [1.82, 2.24) is 10.2 Å². The highest BCUT2D eigenvalue weighted by Crippen LogP contribution is 2.27. The van der Waals surface area contributed by atoms with Crippen LogP contribution in [0.4, 0.5) is 4.39 Å². The maximum Gasteiger partial charge on any atom is 0.123 e. The molecule has 1 unspecified atom stereocenters. The van der Waals surface area contributed by atoms with Gasteiger partial charge in [0.05, 0.1) is 0 Å². The normalized spacial score (nSPS) is 23.3. The molecule has 138 valence electrons. The van der Waals surface area contributed by atoms with Crippen molar-refractivity contribution in [1.29, 1.82) is 0 Å². The van der Waals surface area contributed by atoms with Gasteiger partial charge in [0.2, 0.25) is 0 Å². The molecule has 3 rings (SSSR count). The number of nitrogens with zero attached hydrogens (tertiary/aromatic N) is 1. The van der Waals surface area contributed by atoms with E-state index in [1.165, 1.54) is 70.2 Å². The molecule has 4 heteroatoms.